The lowest BCUT2D eigenvalue weighted by atomic mass is 10.1. The Morgan fingerprint density at radius 1 is 0.789 bits per heavy atom. The Morgan fingerprint density at radius 3 is 1.89 bits per heavy atom. The summed E-state index contributed by atoms with van der Waals surface area (Å²) >= 11 is 3.42. The molecule has 3 heteroatoms. The molecule has 0 radical (unpaired) electrons. The van der Waals surface area contributed by atoms with Gasteiger partial charge in [-0.15, -0.1) is 0 Å². The molecule has 0 aromatic carbocycles. The Labute approximate surface area is 128 Å². The van der Waals surface area contributed by atoms with Crippen LogP contribution in [0.15, 0.2) is 12.2 Å². The number of halogens is 1. The molecule has 0 amide bonds. The molecule has 0 fully saturated rings. The first-order valence-corrected chi connectivity index (χ1v) is 8.73. The maximum Gasteiger partial charge on any atom is 0.156 e. The highest BCUT2D eigenvalue weighted by atomic mass is 79.9. The fourth-order valence-corrected chi connectivity index (χ4v) is 2.35. The molecule has 0 unspecified atom stereocenters. The van der Waals surface area contributed by atoms with E-state index in [0.717, 1.165) is 18.2 Å². The van der Waals surface area contributed by atoms with Crippen LogP contribution < -0.4 is 0 Å². The molecule has 0 aliphatic carbocycles. The van der Waals surface area contributed by atoms with Crippen molar-refractivity contribution in [1.29, 1.82) is 0 Å². The third kappa shape index (κ3) is 14.4. The van der Waals surface area contributed by atoms with Crippen LogP contribution in [0.4, 0.5) is 0 Å². The monoisotopic (exact) mass is 334 g/mol. The largest absolute Gasteiger partial charge is 0.356 e. The van der Waals surface area contributed by atoms with Gasteiger partial charge in [-0.05, 0) is 32.1 Å². The molecular weight excluding hydrogens is 304 g/mol. The number of methoxy groups -OCH3 is 2. The Morgan fingerprint density at radius 2 is 1.32 bits per heavy atom. The van der Waals surface area contributed by atoms with Gasteiger partial charge in [-0.3, -0.25) is 0 Å². The second kappa shape index (κ2) is 16.2. The van der Waals surface area contributed by atoms with Crippen LogP contribution in [0, 0.1) is 0 Å². The van der Waals surface area contributed by atoms with Crippen molar-refractivity contribution in [2.45, 2.75) is 70.5 Å². The molecule has 0 aliphatic rings. The Kier molecular flexibility index (Phi) is 16.3. The van der Waals surface area contributed by atoms with Crippen LogP contribution in [0.1, 0.15) is 64.2 Å². The summed E-state index contributed by atoms with van der Waals surface area (Å²) in [6.45, 7) is 0. The van der Waals surface area contributed by atoms with Crippen LogP contribution in [-0.4, -0.2) is 25.8 Å². The van der Waals surface area contributed by atoms with Gasteiger partial charge in [-0.25, -0.2) is 0 Å². The molecule has 0 saturated heterocycles. The van der Waals surface area contributed by atoms with Crippen molar-refractivity contribution in [3.05, 3.63) is 12.2 Å². The summed E-state index contributed by atoms with van der Waals surface area (Å²) in [7, 11) is 3.42. The normalized spacial score (nSPS) is 11.8. The number of allylic oxidation sites excluding steroid dienone is 2. The van der Waals surface area contributed by atoms with E-state index in [9.17, 15) is 0 Å². The number of ether oxygens (including phenoxy) is 2. The molecular formula is C16H31BrO2. The van der Waals surface area contributed by atoms with Crippen LogP contribution in [-0.2, 0) is 9.47 Å². The molecule has 114 valence electrons. The summed E-state index contributed by atoms with van der Waals surface area (Å²) in [5.41, 5.74) is 0. The first-order chi connectivity index (χ1) is 9.35. The highest BCUT2D eigenvalue weighted by Gasteiger charge is 2.03. The minimum Gasteiger partial charge on any atom is -0.356 e. The lowest BCUT2D eigenvalue weighted by molar-refractivity contribution is -0.107. The molecule has 0 rings (SSSR count). The van der Waals surface area contributed by atoms with E-state index in [4.69, 9.17) is 9.47 Å². The minimum absolute atomic E-state index is 0.00805. The van der Waals surface area contributed by atoms with Crippen molar-refractivity contribution in [2.75, 3.05) is 19.5 Å². The third-order valence-electron chi connectivity index (χ3n) is 3.28. The topological polar surface area (TPSA) is 18.5 Å². The van der Waals surface area contributed by atoms with Gasteiger partial charge in [0.05, 0.1) is 0 Å². The third-order valence-corrected chi connectivity index (χ3v) is 3.74. The second-order valence-corrected chi connectivity index (χ2v) is 5.70. The van der Waals surface area contributed by atoms with Crippen molar-refractivity contribution in [1.82, 2.24) is 0 Å². The summed E-state index contributed by atoms with van der Waals surface area (Å²) in [4.78, 5) is 0. The molecule has 0 heterocycles. The summed E-state index contributed by atoms with van der Waals surface area (Å²) in [6.07, 6.45) is 17.3. The first kappa shape index (κ1) is 19.1. The highest BCUT2D eigenvalue weighted by Crippen LogP contribution is 2.12. The average Bonchev–Trinajstić information content (AvgIpc) is 2.44. The van der Waals surface area contributed by atoms with Gasteiger partial charge in [0.2, 0.25) is 0 Å². The lowest BCUT2D eigenvalue weighted by Crippen LogP contribution is -2.12. The Hall–Kier alpha value is 0.140. The quantitative estimate of drug-likeness (QED) is 0.182. The van der Waals surface area contributed by atoms with Crippen molar-refractivity contribution in [3.8, 4) is 0 Å². The number of hydrogen-bond acceptors (Lipinski definition) is 2. The molecule has 19 heavy (non-hydrogen) atoms. The second-order valence-electron chi connectivity index (χ2n) is 4.90. The number of alkyl halides is 1. The minimum atomic E-state index is -0.00805. The van der Waals surface area contributed by atoms with Gasteiger partial charge < -0.3 is 9.47 Å². The van der Waals surface area contributed by atoms with Crippen molar-refractivity contribution < 1.29 is 9.47 Å². The van der Waals surface area contributed by atoms with Crippen molar-refractivity contribution in [3.63, 3.8) is 0 Å². The van der Waals surface area contributed by atoms with E-state index in [1.54, 1.807) is 14.2 Å². The fourth-order valence-electron chi connectivity index (χ4n) is 2.09. The zero-order valence-corrected chi connectivity index (χ0v) is 14.3. The molecule has 0 spiro atoms. The van der Waals surface area contributed by atoms with Crippen LogP contribution in [0.2, 0.25) is 0 Å². The van der Waals surface area contributed by atoms with Gasteiger partial charge in [-0.1, -0.05) is 60.2 Å². The van der Waals surface area contributed by atoms with Gasteiger partial charge in [0.1, 0.15) is 0 Å². The van der Waals surface area contributed by atoms with E-state index in [1.165, 1.54) is 51.4 Å². The molecule has 0 atom stereocenters. The number of rotatable bonds is 14. The summed E-state index contributed by atoms with van der Waals surface area (Å²) in [6, 6.07) is 0. The average molecular weight is 335 g/mol. The molecule has 0 aliphatic heterocycles. The molecule has 0 saturated carbocycles. The predicted molar refractivity (Wildman–Crippen MR) is 86.9 cm³/mol. The zero-order chi connectivity index (χ0) is 14.2. The van der Waals surface area contributed by atoms with Gasteiger partial charge in [0.25, 0.3) is 0 Å². The first-order valence-electron chi connectivity index (χ1n) is 7.61. The van der Waals surface area contributed by atoms with Crippen LogP contribution >= 0.6 is 15.9 Å². The SMILES string of the molecule is COC(CCCCCCCCC/C=C\CCBr)OC. The molecule has 2 nitrogen and oxygen atoms in total. The Balaban J connectivity index is 3.10. The van der Waals surface area contributed by atoms with Gasteiger partial charge in [0.15, 0.2) is 6.29 Å². The highest BCUT2D eigenvalue weighted by molar-refractivity contribution is 9.09. The van der Waals surface area contributed by atoms with E-state index < -0.39 is 0 Å². The summed E-state index contributed by atoms with van der Waals surface area (Å²) in [5, 5.41) is 1.08. The molecule has 0 aromatic heterocycles. The van der Waals surface area contributed by atoms with E-state index in [1.807, 2.05) is 0 Å². The zero-order valence-electron chi connectivity index (χ0n) is 12.7. The maximum atomic E-state index is 5.17. The summed E-state index contributed by atoms with van der Waals surface area (Å²) < 4.78 is 10.3. The summed E-state index contributed by atoms with van der Waals surface area (Å²) in [5.74, 6) is 0. The van der Waals surface area contributed by atoms with Gasteiger partial charge >= 0.3 is 0 Å². The molecule has 0 N–H and O–H groups in total. The van der Waals surface area contributed by atoms with E-state index in [2.05, 4.69) is 28.1 Å². The van der Waals surface area contributed by atoms with Gasteiger partial charge in [0, 0.05) is 19.5 Å². The van der Waals surface area contributed by atoms with Crippen molar-refractivity contribution >= 4 is 15.9 Å². The maximum absolute atomic E-state index is 5.17. The standard InChI is InChI=1S/C16H31BrO2/c1-18-16(19-2)14-12-10-8-6-4-3-5-7-9-11-13-15-17/h9,11,16H,3-8,10,12-15H2,1-2H3/b11-9-. The van der Waals surface area contributed by atoms with E-state index in [0.29, 0.717) is 0 Å². The van der Waals surface area contributed by atoms with Crippen LogP contribution in [0.5, 0.6) is 0 Å². The number of hydrogen-bond donors (Lipinski definition) is 0. The van der Waals surface area contributed by atoms with E-state index in [-0.39, 0.29) is 6.29 Å². The van der Waals surface area contributed by atoms with Crippen molar-refractivity contribution in [2.24, 2.45) is 0 Å². The molecule has 0 aromatic rings. The Bertz CT molecular complexity index is 191. The smallest absolute Gasteiger partial charge is 0.156 e. The van der Waals surface area contributed by atoms with E-state index >= 15 is 0 Å². The molecule has 0 bridgehead atoms. The van der Waals surface area contributed by atoms with Crippen LogP contribution in [0.3, 0.4) is 0 Å². The fraction of sp³-hybridized carbons (Fsp3) is 0.875. The number of unbranched alkanes of at least 4 members (excludes halogenated alkanes) is 7. The lowest BCUT2D eigenvalue weighted by Gasteiger charge is -2.12. The van der Waals surface area contributed by atoms with Crippen LogP contribution in [0.25, 0.3) is 0 Å². The predicted octanol–water partition coefficient (Wildman–Crippen LogP) is 5.46. The van der Waals surface area contributed by atoms with Gasteiger partial charge in [-0.2, -0.15) is 0 Å².